The lowest BCUT2D eigenvalue weighted by Crippen LogP contribution is -2.37. The Morgan fingerprint density at radius 1 is 0.971 bits per heavy atom. The highest BCUT2D eigenvalue weighted by Crippen LogP contribution is 2.37. The van der Waals surface area contributed by atoms with E-state index in [9.17, 15) is 27.9 Å². The number of imide groups is 1. The number of benzene rings is 3. The molecular formula is C27H22F3NO4. The summed E-state index contributed by atoms with van der Waals surface area (Å²) in [5.74, 6) is -1.38. The van der Waals surface area contributed by atoms with Crippen molar-refractivity contribution in [2.24, 2.45) is 5.92 Å². The number of ether oxygens (including phenoxy) is 1. The highest BCUT2D eigenvalue weighted by molar-refractivity contribution is 6.21. The van der Waals surface area contributed by atoms with Gasteiger partial charge < -0.3 is 9.84 Å². The third-order valence-electron chi connectivity index (χ3n) is 6.11. The van der Waals surface area contributed by atoms with Crippen LogP contribution in [0.2, 0.25) is 0 Å². The summed E-state index contributed by atoms with van der Waals surface area (Å²) in [4.78, 5) is 27.0. The van der Waals surface area contributed by atoms with E-state index in [1.54, 1.807) is 48.5 Å². The number of hydrogen-bond donors (Lipinski definition) is 1. The second kappa shape index (κ2) is 9.38. The van der Waals surface area contributed by atoms with E-state index in [4.69, 9.17) is 4.74 Å². The van der Waals surface area contributed by atoms with Gasteiger partial charge in [-0.25, -0.2) is 0 Å². The van der Waals surface area contributed by atoms with Gasteiger partial charge in [0.05, 0.1) is 29.9 Å². The van der Waals surface area contributed by atoms with Crippen molar-refractivity contribution in [2.45, 2.75) is 12.3 Å². The second-order valence-electron chi connectivity index (χ2n) is 8.19. The summed E-state index contributed by atoms with van der Waals surface area (Å²) >= 11 is 0. The average molecular weight is 481 g/mol. The minimum Gasteiger partial charge on any atom is -0.497 e. The molecule has 1 aliphatic heterocycles. The predicted molar refractivity (Wildman–Crippen MR) is 124 cm³/mol. The number of amides is 2. The van der Waals surface area contributed by atoms with E-state index < -0.39 is 35.6 Å². The van der Waals surface area contributed by atoms with Crippen LogP contribution in [0.4, 0.5) is 13.2 Å². The molecule has 2 atom stereocenters. The van der Waals surface area contributed by atoms with Gasteiger partial charge in [0.15, 0.2) is 0 Å². The molecule has 0 bridgehead atoms. The molecular weight excluding hydrogens is 459 g/mol. The molecule has 180 valence electrons. The van der Waals surface area contributed by atoms with Crippen LogP contribution in [-0.4, -0.2) is 35.5 Å². The predicted octanol–water partition coefficient (Wildman–Crippen LogP) is 5.37. The Hall–Kier alpha value is -3.91. The number of methoxy groups -OCH3 is 1. The summed E-state index contributed by atoms with van der Waals surface area (Å²) in [7, 11) is 1.50. The molecule has 2 amide bonds. The topological polar surface area (TPSA) is 66.8 Å². The standard InChI is InChI=1S/C27H22F3NO4/c1-16(18-6-5-7-20(14-18)35-2)23(24(32)17-10-12-19(13-11-17)27(28,29)30)15-31-25(33)21-8-3-4-9-22(21)26(31)34/h3-14,23-24,32H,1,15H2,2H3. The maximum Gasteiger partial charge on any atom is 0.416 e. The van der Waals surface area contributed by atoms with Crippen molar-refractivity contribution in [3.05, 3.63) is 107 Å². The lowest BCUT2D eigenvalue weighted by atomic mass is 9.85. The van der Waals surface area contributed by atoms with Crippen LogP contribution in [0.25, 0.3) is 5.57 Å². The molecule has 8 heteroatoms. The Kier molecular flexibility index (Phi) is 6.49. The zero-order valence-corrected chi connectivity index (χ0v) is 18.8. The fourth-order valence-corrected chi connectivity index (χ4v) is 4.14. The molecule has 3 aromatic rings. The summed E-state index contributed by atoms with van der Waals surface area (Å²) in [5, 5.41) is 11.3. The number of alkyl halides is 3. The Bertz CT molecular complexity index is 1250. The number of carbonyl (C=O) groups excluding carboxylic acids is 2. The van der Waals surface area contributed by atoms with Crippen LogP contribution in [0.3, 0.4) is 0 Å². The first kappa shape index (κ1) is 24.2. The minimum atomic E-state index is -4.52. The van der Waals surface area contributed by atoms with Gasteiger partial charge in [-0.2, -0.15) is 13.2 Å². The average Bonchev–Trinajstić information content (AvgIpc) is 3.10. The second-order valence-corrected chi connectivity index (χ2v) is 8.19. The van der Waals surface area contributed by atoms with Crippen LogP contribution in [0.1, 0.15) is 43.5 Å². The fraction of sp³-hybridized carbons (Fsp3) is 0.185. The first-order chi connectivity index (χ1) is 16.6. The number of nitrogens with zero attached hydrogens (tertiary/aromatic N) is 1. The normalized spacial score (nSPS) is 15.1. The van der Waals surface area contributed by atoms with Crippen LogP contribution in [-0.2, 0) is 6.18 Å². The van der Waals surface area contributed by atoms with Gasteiger partial charge in [-0.3, -0.25) is 14.5 Å². The molecule has 0 saturated heterocycles. The molecule has 0 aliphatic carbocycles. The number of rotatable bonds is 7. The SMILES string of the molecule is C=C(c1cccc(OC)c1)C(CN1C(=O)c2ccccc2C1=O)C(O)c1ccc(C(F)(F)F)cc1. The maximum atomic E-state index is 13.0. The molecule has 0 spiro atoms. The molecule has 1 heterocycles. The Labute approximate surface area is 200 Å². The zero-order valence-electron chi connectivity index (χ0n) is 18.8. The van der Waals surface area contributed by atoms with Gasteiger partial charge in [-0.1, -0.05) is 43.0 Å². The van der Waals surface area contributed by atoms with Crippen LogP contribution in [0, 0.1) is 5.92 Å². The van der Waals surface area contributed by atoms with Gasteiger partial charge in [0.1, 0.15) is 5.75 Å². The van der Waals surface area contributed by atoms with Gasteiger partial charge >= 0.3 is 6.18 Å². The number of halogens is 3. The third kappa shape index (κ3) is 4.70. The summed E-state index contributed by atoms with van der Waals surface area (Å²) < 4.78 is 44.3. The summed E-state index contributed by atoms with van der Waals surface area (Å²) in [6, 6.07) is 17.4. The van der Waals surface area contributed by atoms with Gasteiger partial charge in [0.25, 0.3) is 11.8 Å². The first-order valence-corrected chi connectivity index (χ1v) is 10.8. The molecule has 3 aromatic carbocycles. The summed E-state index contributed by atoms with van der Waals surface area (Å²) in [5.41, 5.74) is 0.852. The van der Waals surface area contributed by atoms with Crippen molar-refractivity contribution in [1.82, 2.24) is 4.90 Å². The van der Waals surface area contributed by atoms with E-state index in [0.717, 1.165) is 17.0 Å². The van der Waals surface area contributed by atoms with Crippen LogP contribution in [0.15, 0.2) is 79.4 Å². The molecule has 2 unspecified atom stereocenters. The molecule has 0 saturated carbocycles. The Balaban J connectivity index is 1.70. The van der Waals surface area contributed by atoms with Crippen LogP contribution in [0.5, 0.6) is 5.75 Å². The number of hydrogen-bond acceptors (Lipinski definition) is 4. The van der Waals surface area contributed by atoms with E-state index >= 15 is 0 Å². The van der Waals surface area contributed by atoms with Gasteiger partial charge in [-0.05, 0) is 53.1 Å². The van der Waals surface area contributed by atoms with E-state index in [0.29, 0.717) is 16.9 Å². The van der Waals surface area contributed by atoms with Crippen LogP contribution >= 0.6 is 0 Å². The lowest BCUT2D eigenvalue weighted by molar-refractivity contribution is -0.137. The third-order valence-corrected chi connectivity index (χ3v) is 6.11. The maximum absolute atomic E-state index is 13.0. The molecule has 5 nitrogen and oxygen atoms in total. The van der Waals surface area contributed by atoms with E-state index in [2.05, 4.69) is 6.58 Å². The van der Waals surface area contributed by atoms with Gasteiger partial charge in [0, 0.05) is 12.5 Å². The largest absolute Gasteiger partial charge is 0.497 e. The highest BCUT2D eigenvalue weighted by Gasteiger charge is 2.39. The van der Waals surface area contributed by atoms with E-state index in [1.165, 1.54) is 19.2 Å². The molecule has 35 heavy (non-hydrogen) atoms. The van der Waals surface area contributed by atoms with Crippen molar-refractivity contribution >= 4 is 17.4 Å². The molecule has 4 rings (SSSR count). The Morgan fingerprint density at radius 2 is 1.57 bits per heavy atom. The van der Waals surface area contributed by atoms with E-state index in [1.807, 2.05) is 0 Å². The van der Waals surface area contributed by atoms with Crippen molar-refractivity contribution in [1.29, 1.82) is 0 Å². The smallest absolute Gasteiger partial charge is 0.416 e. The van der Waals surface area contributed by atoms with Gasteiger partial charge in [-0.15, -0.1) is 0 Å². The number of carbonyl (C=O) groups is 2. The van der Waals surface area contributed by atoms with Crippen molar-refractivity contribution in [3.63, 3.8) is 0 Å². The minimum absolute atomic E-state index is 0.198. The fourth-order valence-electron chi connectivity index (χ4n) is 4.14. The number of fused-ring (bicyclic) bond motifs is 1. The molecule has 1 N–H and O–H groups in total. The number of aliphatic hydroxyl groups excluding tert-OH is 1. The highest BCUT2D eigenvalue weighted by atomic mass is 19.4. The molecule has 0 fully saturated rings. The van der Waals surface area contributed by atoms with Crippen LogP contribution < -0.4 is 4.74 Å². The Morgan fingerprint density at radius 3 is 2.11 bits per heavy atom. The first-order valence-electron chi connectivity index (χ1n) is 10.8. The summed E-state index contributed by atoms with van der Waals surface area (Å²) in [6.45, 7) is 3.88. The summed E-state index contributed by atoms with van der Waals surface area (Å²) in [6.07, 6.45) is -5.87. The van der Waals surface area contributed by atoms with Crippen molar-refractivity contribution < 1.29 is 32.6 Å². The molecule has 1 aliphatic rings. The van der Waals surface area contributed by atoms with Crippen molar-refractivity contribution in [2.75, 3.05) is 13.7 Å². The lowest BCUT2D eigenvalue weighted by Gasteiger charge is -2.29. The van der Waals surface area contributed by atoms with E-state index in [-0.39, 0.29) is 23.2 Å². The van der Waals surface area contributed by atoms with Crippen molar-refractivity contribution in [3.8, 4) is 5.75 Å². The monoisotopic (exact) mass is 481 g/mol. The zero-order chi connectivity index (χ0) is 25.3. The quantitative estimate of drug-likeness (QED) is 0.461. The number of aliphatic hydroxyl groups is 1. The molecule has 0 radical (unpaired) electrons. The molecule has 0 aromatic heterocycles. The van der Waals surface area contributed by atoms with Gasteiger partial charge in [0.2, 0.25) is 0 Å².